The van der Waals surface area contributed by atoms with E-state index in [2.05, 4.69) is 4.89 Å². The second-order valence-electron chi connectivity index (χ2n) is 2.56. The van der Waals surface area contributed by atoms with Crippen LogP contribution >= 0.6 is 0 Å². The van der Waals surface area contributed by atoms with Gasteiger partial charge in [-0.25, -0.2) is 4.79 Å². The van der Waals surface area contributed by atoms with Crippen LogP contribution in [0.3, 0.4) is 0 Å². The monoisotopic (exact) mass is 180 g/mol. The van der Waals surface area contributed by atoms with Crippen molar-refractivity contribution in [2.75, 3.05) is 0 Å². The predicted molar refractivity (Wildman–Crippen MR) is 47.6 cm³/mol. The summed E-state index contributed by atoms with van der Waals surface area (Å²) in [6, 6.07) is 9.53. The first kappa shape index (κ1) is 9.74. The van der Waals surface area contributed by atoms with Crippen molar-refractivity contribution in [3.63, 3.8) is 0 Å². The number of benzene rings is 1. The Morgan fingerprint density at radius 2 is 2.00 bits per heavy atom. The van der Waals surface area contributed by atoms with Crippen molar-refractivity contribution in [1.82, 2.24) is 0 Å². The van der Waals surface area contributed by atoms with Gasteiger partial charge in [0.1, 0.15) is 6.61 Å². The molecule has 0 unspecified atom stereocenters. The lowest BCUT2D eigenvalue weighted by Crippen LogP contribution is -2.03. The van der Waals surface area contributed by atoms with Crippen LogP contribution in [0.2, 0.25) is 0 Å². The summed E-state index contributed by atoms with van der Waals surface area (Å²) >= 11 is 0. The zero-order valence-electron chi connectivity index (χ0n) is 7.53. The molecule has 1 aromatic carbocycles. The van der Waals surface area contributed by atoms with Crippen LogP contribution in [0.15, 0.2) is 30.3 Å². The summed E-state index contributed by atoms with van der Waals surface area (Å²) < 4.78 is 0. The molecule has 0 aliphatic carbocycles. The van der Waals surface area contributed by atoms with E-state index in [1.165, 1.54) is 0 Å². The molecule has 0 spiro atoms. The Kier molecular flexibility index (Phi) is 3.99. The minimum absolute atomic E-state index is 0.298. The van der Waals surface area contributed by atoms with Crippen molar-refractivity contribution >= 4 is 5.97 Å². The van der Waals surface area contributed by atoms with Gasteiger partial charge in [-0.2, -0.15) is 4.89 Å². The van der Waals surface area contributed by atoms with Gasteiger partial charge in [-0.3, -0.25) is 4.89 Å². The molecule has 0 radical (unpaired) electrons. The lowest BCUT2D eigenvalue weighted by Gasteiger charge is -2.01. The number of hydrogen-bond donors (Lipinski definition) is 0. The normalized spacial score (nSPS) is 9.62. The van der Waals surface area contributed by atoms with Gasteiger partial charge >= 0.3 is 5.97 Å². The standard InChI is InChI=1S/C10H12O3/c1-2-10(11)13-12-8-9-6-4-3-5-7-9/h3-7H,2,8H2,1H3. The molecule has 70 valence electrons. The maximum absolute atomic E-state index is 10.7. The summed E-state index contributed by atoms with van der Waals surface area (Å²) in [7, 11) is 0. The number of rotatable bonds is 4. The van der Waals surface area contributed by atoms with Crippen molar-refractivity contribution in [3.05, 3.63) is 35.9 Å². The fraction of sp³-hybridized carbons (Fsp3) is 0.300. The van der Waals surface area contributed by atoms with Crippen LogP contribution in [0.1, 0.15) is 18.9 Å². The van der Waals surface area contributed by atoms with Gasteiger partial charge in [-0.1, -0.05) is 37.3 Å². The van der Waals surface area contributed by atoms with Crippen LogP contribution in [0.4, 0.5) is 0 Å². The van der Waals surface area contributed by atoms with Crippen molar-refractivity contribution in [1.29, 1.82) is 0 Å². The topological polar surface area (TPSA) is 35.5 Å². The largest absolute Gasteiger partial charge is 0.342 e. The molecule has 0 N–H and O–H groups in total. The highest BCUT2D eigenvalue weighted by atomic mass is 17.2. The van der Waals surface area contributed by atoms with E-state index in [9.17, 15) is 4.79 Å². The van der Waals surface area contributed by atoms with Gasteiger partial charge in [-0.15, -0.1) is 0 Å². The molecular weight excluding hydrogens is 168 g/mol. The lowest BCUT2D eigenvalue weighted by molar-refractivity contribution is -0.279. The minimum Gasteiger partial charge on any atom is -0.298 e. The molecular formula is C10H12O3. The summed E-state index contributed by atoms with van der Waals surface area (Å²) in [5, 5.41) is 0. The fourth-order valence-electron chi connectivity index (χ4n) is 0.796. The maximum Gasteiger partial charge on any atom is 0.342 e. The summed E-state index contributed by atoms with van der Waals surface area (Å²) in [6.07, 6.45) is 0.328. The highest BCUT2D eigenvalue weighted by Gasteiger charge is 1.98. The van der Waals surface area contributed by atoms with Crippen LogP contribution in [0.5, 0.6) is 0 Å². The van der Waals surface area contributed by atoms with Crippen LogP contribution in [0, 0.1) is 0 Å². The third-order valence-electron chi connectivity index (χ3n) is 1.51. The summed E-state index contributed by atoms with van der Waals surface area (Å²) in [6.45, 7) is 2.01. The molecule has 1 aromatic rings. The number of carbonyl (C=O) groups is 1. The number of hydrogen-bond acceptors (Lipinski definition) is 3. The van der Waals surface area contributed by atoms with Crippen molar-refractivity contribution in [2.45, 2.75) is 20.0 Å². The van der Waals surface area contributed by atoms with E-state index in [-0.39, 0.29) is 5.97 Å². The summed E-state index contributed by atoms with van der Waals surface area (Å²) in [4.78, 5) is 19.8. The molecule has 3 heteroatoms. The Morgan fingerprint density at radius 1 is 1.31 bits per heavy atom. The van der Waals surface area contributed by atoms with Crippen LogP contribution in [-0.4, -0.2) is 5.97 Å². The second kappa shape index (κ2) is 5.32. The number of carbonyl (C=O) groups excluding carboxylic acids is 1. The Balaban J connectivity index is 2.24. The van der Waals surface area contributed by atoms with Gasteiger partial charge < -0.3 is 0 Å². The zero-order chi connectivity index (χ0) is 9.52. The van der Waals surface area contributed by atoms with E-state index in [1.54, 1.807) is 6.92 Å². The van der Waals surface area contributed by atoms with E-state index in [4.69, 9.17) is 4.89 Å². The highest BCUT2D eigenvalue weighted by molar-refractivity contribution is 5.68. The molecule has 0 aliphatic rings. The molecule has 0 bridgehead atoms. The molecule has 0 amide bonds. The molecule has 0 aromatic heterocycles. The molecule has 0 saturated carbocycles. The van der Waals surface area contributed by atoms with Gasteiger partial charge in [0.2, 0.25) is 0 Å². The van der Waals surface area contributed by atoms with Gasteiger partial charge in [-0.05, 0) is 5.56 Å². The van der Waals surface area contributed by atoms with E-state index in [0.29, 0.717) is 13.0 Å². The van der Waals surface area contributed by atoms with E-state index >= 15 is 0 Å². The van der Waals surface area contributed by atoms with Gasteiger partial charge in [0, 0.05) is 6.42 Å². The fourth-order valence-corrected chi connectivity index (χ4v) is 0.796. The third-order valence-corrected chi connectivity index (χ3v) is 1.51. The molecule has 0 saturated heterocycles. The molecule has 0 fully saturated rings. The second-order valence-corrected chi connectivity index (χ2v) is 2.56. The molecule has 13 heavy (non-hydrogen) atoms. The predicted octanol–water partition coefficient (Wildman–Crippen LogP) is 2.07. The minimum atomic E-state index is -0.351. The lowest BCUT2D eigenvalue weighted by atomic mass is 10.2. The molecule has 0 atom stereocenters. The van der Waals surface area contributed by atoms with Crippen molar-refractivity contribution < 1.29 is 14.6 Å². The SMILES string of the molecule is CCC(=O)OOCc1ccccc1. The smallest absolute Gasteiger partial charge is 0.298 e. The Labute approximate surface area is 77.2 Å². The van der Waals surface area contributed by atoms with Crippen LogP contribution < -0.4 is 0 Å². The quantitative estimate of drug-likeness (QED) is 0.525. The zero-order valence-corrected chi connectivity index (χ0v) is 7.53. The van der Waals surface area contributed by atoms with Crippen LogP contribution in [0.25, 0.3) is 0 Å². The molecule has 0 heterocycles. The average molecular weight is 180 g/mol. The van der Waals surface area contributed by atoms with Crippen molar-refractivity contribution in [2.24, 2.45) is 0 Å². The first-order valence-corrected chi connectivity index (χ1v) is 4.19. The van der Waals surface area contributed by atoms with E-state index in [0.717, 1.165) is 5.56 Å². The van der Waals surface area contributed by atoms with Gasteiger partial charge in [0.15, 0.2) is 0 Å². The Bertz CT molecular complexity index is 256. The molecule has 0 aliphatic heterocycles. The highest BCUT2D eigenvalue weighted by Crippen LogP contribution is 2.00. The third kappa shape index (κ3) is 3.71. The first-order chi connectivity index (χ1) is 6.33. The average Bonchev–Trinajstić information content (AvgIpc) is 2.19. The molecule has 3 nitrogen and oxygen atoms in total. The summed E-state index contributed by atoms with van der Waals surface area (Å²) in [5.74, 6) is -0.351. The Morgan fingerprint density at radius 3 is 2.62 bits per heavy atom. The van der Waals surface area contributed by atoms with Crippen molar-refractivity contribution in [3.8, 4) is 0 Å². The van der Waals surface area contributed by atoms with Gasteiger partial charge in [0.05, 0.1) is 0 Å². The Hall–Kier alpha value is -1.35. The molecule has 1 rings (SSSR count). The van der Waals surface area contributed by atoms with E-state index in [1.807, 2.05) is 30.3 Å². The maximum atomic E-state index is 10.7. The summed E-state index contributed by atoms with van der Waals surface area (Å²) in [5.41, 5.74) is 0.978. The van der Waals surface area contributed by atoms with E-state index < -0.39 is 0 Å². The van der Waals surface area contributed by atoms with Crippen LogP contribution in [-0.2, 0) is 21.2 Å². The van der Waals surface area contributed by atoms with Gasteiger partial charge in [0.25, 0.3) is 0 Å². The first-order valence-electron chi connectivity index (χ1n) is 4.19.